The summed E-state index contributed by atoms with van der Waals surface area (Å²) >= 11 is 13.9. The number of halogens is 3. The summed E-state index contributed by atoms with van der Waals surface area (Å²) in [5.74, 6) is -0.730. The molecular formula is C35H35Br2ClN2O5. The minimum Gasteiger partial charge on any atom is -0.459 e. The number of nitrogens with zero attached hydrogens (tertiary/aromatic N) is 2. The van der Waals surface area contributed by atoms with Gasteiger partial charge < -0.3 is 14.4 Å². The Bertz CT molecular complexity index is 1590. The molecule has 1 aromatic heterocycles. The number of likely N-dealkylation sites (tertiary alicyclic amines) is 1. The van der Waals surface area contributed by atoms with Crippen LogP contribution in [0.25, 0.3) is 0 Å². The predicted molar refractivity (Wildman–Crippen MR) is 178 cm³/mol. The Morgan fingerprint density at radius 2 is 1.64 bits per heavy atom. The summed E-state index contributed by atoms with van der Waals surface area (Å²) in [4.78, 5) is 45.5. The van der Waals surface area contributed by atoms with Crippen molar-refractivity contribution in [2.45, 2.75) is 70.0 Å². The maximum Gasteiger partial charge on any atom is 0.338 e. The molecule has 2 fully saturated rings. The first-order chi connectivity index (χ1) is 21.7. The molecule has 1 amide bonds. The number of hydrogen-bond acceptors (Lipinski definition) is 6. The lowest BCUT2D eigenvalue weighted by Crippen LogP contribution is -2.47. The van der Waals surface area contributed by atoms with Crippen molar-refractivity contribution in [1.29, 1.82) is 0 Å². The van der Waals surface area contributed by atoms with Crippen LogP contribution in [0, 0.1) is 11.8 Å². The predicted octanol–water partition coefficient (Wildman–Crippen LogP) is 7.69. The largest absolute Gasteiger partial charge is 0.459 e. The number of carbonyl (C=O) groups is 3. The minimum atomic E-state index is -0.663. The zero-order chi connectivity index (χ0) is 31.7. The molecule has 1 saturated heterocycles. The van der Waals surface area contributed by atoms with Gasteiger partial charge in [0.2, 0.25) is 5.91 Å². The van der Waals surface area contributed by atoms with Gasteiger partial charge in [-0.2, -0.15) is 0 Å². The number of piperidine rings is 1. The molecule has 0 N–H and O–H groups in total. The fourth-order valence-electron chi connectivity index (χ4n) is 7.32. The molecule has 2 aliphatic carbocycles. The van der Waals surface area contributed by atoms with E-state index in [1.807, 2.05) is 23.2 Å². The van der Waals surface area contributed by atoms with E-state index < -0.39 is 24.1 Å². The summed E-state index contributed by atoms with van der Waals surface area (Å²) in [6, 6.07) is 15.0. The fraction of sp³-hybridized carbons (Fsp3) is 0.429. The number of benzene rings is 2. The van der Waals surface area contributed by atoms with E-state index in [0.29, 0.717) is 43.8 Å². The van der Waals surface area contributed by atoms with Gasteiger partial charge in [0.05, 0.1) is 11.3 Å². The van der Waals surface area contributed by atoms with E-state index in [1.54, 1.807) is 24.3 Å². The third-order valence-electron chi connectivity index (χ3n) is 9.41. The van der Waals surface area contributed by atoms with Crippen molar-refractivity contribution in [3.8, 4) is 0 Å². The molecule has 236 valence electrons. The highest BCUT2D eigenvalue weighted by Crippen LogP contribution is 2.46. The average molecular weight is 759 g/mol. The van der Waals surface area contributed by atoms with Gasteiger partial charge in [-0.3, -0.25) is 14.6 Å². The SMILES string of the molecule is CC(=O)OC1CC(C(=O)N2CCC([C@H]3c4ncc(Br)cc4CCc4cc(Cl)cc(Br)c43)CC2)CCC1OC(=O)c1ccccc1. The molecule has 3 aliphatic rings. The third kappa shape index (κ3) is 7.15. The molecule has 2 aromatic carbocycles. The van der Waals surface area contributed by atoms with E-state index in [0.717, 1.165) is 45.3 Å². The van der Waals surface area contributed by atoms with Gasteiger partial charge in [0, 0.05) is 52.0 Å². The van der Waals surface area contributed by atoms with Crippen LogP contribution in [0.5, 0.6) is 0 Å². The van der Waals surface area contributed by atoms with Crippen LogP contribution in [0.3, 0.4) is 0 Å². The maximum atomic E-state index is 13.8. The molecule has 10 heteroatoms. The van der Waals surface area contributed by atoms with E-state index in [2.05, 4.69) is 44.0 Å². The van der Waals surface area contributed by atoms with Crippen LogP contribution < -0.4 is 0 Å². The minimum absolute atomic E-state index is 0.0788. The van der Waals surface area contributed by atoms with E-state index >= 15 is 0 Å². The number of hydrogen-bond donors (Lipinski definition) is 0. The average Bonchev–Trinajstić information content (AvgIpc) is 3.18. The first-order valence-electron chi connectivity index (χ1n) is 15.5. The Kier molecular flexibility index (Phi) is 9.97. The molecule has 6 rings (SSSR count). The molecule has 3 aromatic rings. The topological polar surface area (TPSA) is 85.8 Å². The molecule has 7 nitrogen and oxygen atoms in total. The van der Waals surface area contributed by atoms with E-state index in [-0.39, 0.29) is 17.7 Å². The first-order valence-corrected chi connectivity index (χ1v) is 17.5. The van der Waals surface area contributed by atoms with Gasteiger partial charge in [-0.1, -0.05) is 45.7 Å². The number of fused-ring (bicyclic) bond motifs is 2. The van der Waals surface area contributed by atoms with Gasteiger partial charge >= 0.3 is 11.9 Å². The second-order valence-electron chi connectivity index (χ2n) is 12.3. The zero-order valence-corrected chi connectivity index (χ0v) is 28.9. The summed E-state index contributed by atoms with van der Waals surface area (Å²) in [6.45, 7) is 2.64. The van der Waals surface area contributed by atoms with Gasteiger partial charge in [-0.05, 0) is 114 Å². The molecule has 2 heterocycles. The van der Waals surface area contributed by atoms with Gasteiger partial charge in [-0.15, -0.1) is 0 Å². The molecular weight excluding hydrogens is 724 g/mol. The second-order valence-corrected chi connectivity index (χ2v) is 14.5. The number of carbonyl (C=O) groups excluding carboxylic acids is 3. The summed E-state index contributed by atoms with van der Waals surface area (Å²) in [5.41, 5.74) is 5.29. The van der Waals surface area contributed by atoms with Crippen LogP contribution in [-0.4, -0.2) is 53.0 Å². The van der Waals surface area contributed by atoms with Crippen LogP contribution in [0.1, 0.15) is 77.7 Å². The van der Waals surface area contributed by atoms with Gasteiger partial charge in [0.15, 0.2) is 0 Å². The lowest BCUT2D eigenvalue weighted by Gasteiger charge is -2.40. The van der Waals surface area contributed by atoms with Gasteiger partial charge in [0.25, 0.3) is 0 Å². The second kappa shape index (κ2) is 13.9. The Labute approximate surface area is 285 Å². The number of aryl methyl sites for hydroxylation is 2. The van der Waals surface area contributed by atoms with Crippen LogP contribution in [0.2, 0.25) is 5.02 Å². The zero-order valence-electron chi connectivity index (χ0n) is 25.0. The van der Waals surface area contributed by atoms with Crippen LogP contribution in [-0.2, 0) is 31.9 Å². The highest BCUT2D eigenvalue weighted by molar-refractivity contribution is 9.10. The summed E-state index contributed by atoms with van der Waals surface area (Å²) in [5, 5.41) is 0.719. The maximum absolute atomic E-state index is 13.8. The van der Waals surface area contributed by atoms with Crippen molar-refractivity contribution < 1.29 is 23.9 Å². The van der Waals surface area contributed by atoms with Crippen molar-refractivity contribution >= 4 is 61.3 Å². The van der Waals surface area contributed by atoms with Crippen LogP contribution in [0.15, 0.2) is 63.7 Å². The molecule has 3 unspecified atom stereocenters. The van der Waals surface area contributed by atoms with Crippen molar-refractivity contribution in [1.82, 2.24) is 9.88 Å². The van der Waals surface area contributed by atoms with Gasteiger partial charge in [0.1, 0.15) is 12.2 Å². The van der Waals surface area contributed by atoms with E-state index in [1.165, 1.54) is 23.6 Å². The van der Waals surface area contributed by atoms with E-state index in [9.17, 15) is 14.4 Å². The summed E-state index contributed by atoms with van der Waals surface area (Å²) in [7, 11) is 0. The Morgan fingerprint density at radius 3 is 2.38 bits per heavy atom. The number of amides is 1. The third-order valence-corrected chi connectivity index (χ3v) is 10.7. The number of esters is 2. The molecule has 0 spiro atoms. The Balaban J connectivity index is 1.15. The number of aromatic nitrogens is 1. The standard InChI is InChI=1S/C35H35Br2ClN2O5/c1-20(41)44-30-17-25(9-10-29(30)45-35(43)22-5-3-2-4-6-22)34(42)40-13-11-21(12-14-40)32-31-23(16-27(38)18-28(31)37)7-8-24-15-26(36)19-39-33(24)32/h2-6,15-16,18-19,21,25,29-30,32H,7-14,17H2,1H3/t25?,29?,30?,32-/m1/s1. The molecule has 0 bridgehead atoms. The monoisotopic (exact) mass is 756 g/mol. The Hall–Kier alpha value is -2.75. The van der Waals surface area contributed by atoms with Crippen molar-refractivity contribution in [3.05, 3.63) is 96.6 Å². The highest BCUT2D eigenvalue weighted by Gasteiger charge is 2.41. The molecule has 0 radical (unpaired) electrons. The number of rotatable bonds is 5. The van der Waals surface area contributed by atoms with E-state index in [4.69, 9.17) is 26.1 Å². The van der Waals surface area contributed by atoms with Crippen molar-refractivity contribution in [2.75, 3.05) is 13.1 Å². The molecule has 1 saturated carbocycles. The number of pyridine rings is 1. The first kappa shape index (κ1) is 32.2. The summed E-state index contributed by atoms with van der Waals surface area (Å²) in [6.07, 6.45) is 5.46. The van der Waals surface area contributed by atoms with Crippen LogP contribution in [0.4, 0.5) is 0 Å². The normalized spacial score (nSPS) is 23.3. The van der Waals surface area contributed by atoms with Crippen molar-refractivity contribution in [2.24, 2.45) is 11.8 Å². The summed E-state index contributed by atoms with van der Waals surface area (Å²) < 4.78 is 13.4. The molecule has 45 heavy (non-hydrogen) atoms. The Morgan fingerprint density at radius 1 is 0.911 bits per heavy atom. The highest BCUT2D eigenvalue weighted by atomic mass is 79.9. The molecule has 1 aliphatic heterocycles. The smallest absolute Gasteiger partial charge is 0.338 e. The van der Waals surface area contributed by atoms with Gasteiger partial charge in [-0.25, -0.2) is 4.79 Å². The quantitative estimate of drug-likeness (QED) is 0.248. The molecule has 4 atom stereocenters. The fourth-order valence-corrected chi connectivity index (χ4v) is 8.82. The lowest BCUT2D eigenvalue weighted by atomic mass is 9.76. The number of ether oxygens (including phenoxy) is 2. The lowest BCUT2D eigenvalue weighted by molar-refractivity contribution is -0.160. The van der Waals surface area contributed by atoms with Crippen LogP contribution >= 0.6 is 43.5 Å². The van der Waals surface area contributed by atoms with Crippen molar-refractivity contribution in [3.63, 3.8) is 0 Å².